The maximum Gasteiger partial charge on any atom is 0.226 e. The summed E-state index contributed by atoms with van der Waals surface area (Å²) in [5, 5.41) is 0. The topological polar surface area (TPSA) is 26.8 Å². The minimum Gasteiger partial charge on any atom is -0.367 e. The van der Waals surface area contributed by atoms with E-state index >= 15 is 0 Å². The van der Waals surface area contributed by atoms with Crippen LogP contribution in [0.2, 0.25) is 0 Å². The standard InChI is InChI=1S/C15H23N3O/c1-4-15(19)18-12-11-17(10-9-16(2)3)13-7-5-6-8-14(13)18/h5-8H,4,9-12H2,1-3H3. The molecule has 1 aliphatic heterocycles. The third-order valence-electron chi connectivity index (χ3n) is 3.53. The number of likely N-dealkylation sites (N-methyl/N-ethyl adjacent to an activating group) is 1. The Bertz CT molecular complexity index is 445. The first-order valence-corrected chi connectivity index (χ1v) is 6.92. The van der Waals surface area contributed by atoms with E-state index in [4.69, 9.17) is 0 Å². The van der Waals surface area contributed by atoms with Gasteiger partial charge in [-0.05, 0) is 26.2 Å². The van der Waals surface area contributed by atoms with E-state index in [1.54, 1.807) is 0 Å². The van der Waals surface area contributed by atoms with Gasteiger partial charge in [-0.15, -0.1) is 0 Å². The number of anilines is 2. The van der Waals surface area contributed by atoms with Gasteiger partial charge in [0.25, 0.3) is 0 Å². The zero-order valence-corrected chi connectivity index (χ0v) is 12.1. The SMILES string of the molecule is CCC(=O)N1CCN(CCN(C)C)c2ccccc21. The second kappa shape index (κ2) is 6.06. The second-order valence-electron chi connectivity index (χ2n) is 5.18. The molecule has 0 radical (unpaired) electrons. The first-order chi connectivity index (χ1) is 9.13. The molecular weight excluding hydrogens is 238 g/mol. The summed E-state index contributed by atoms with van der Waals surface area (Å²) < 4.78 is 0. The molecule has 19 heavy (non-hydrogen) atoms. The molecule has 0 saturated heterocycles. The molecule has 2 rings (SSSR count). The Morgan fingerprint density at radius 1 is 1.21 bits per heavy atom. The van der Waals surface area contributed by atoms with Crippen molar-refractivity contribution >= 4 is 17.3 Å². The van der Waals surface area contributed by atoms with Crippen LogP contribution in [-0.2, 0) is 4.79 Å². The molecule has 0 saturated carbocycles. The van der Waals surface area contributed by atoms with Gasteiger partial charge in [0.05, 0.1) is 11.4 Å². The Labute approximate surface area is 115 Å². The van der Waals surface area contributed by atoms with Crippen molar-refractivity contribution in [1.29, 1.82) is 0 Å². The number of amides is 1. The number of rotatable bonds is 4. The molecule has 4 heteroatoms. The lowest BCUT2D eigenvalue weighted by Gasteiger charge is -2.38. The average Bonchev–Trinajstić information content (AvgIpc) is 2.43. The van der Waals surface area contributed by atoms with Crippen LogP contribution in [0.15, 0.2) is 24.3 Å². The number of hydrogen-bond acceptors (Lipinski definition) is 3. The van der Waals surface area contributed by atoms with Crippen molar-refractivity contribution in [3.8, 4) is 0 Å². The van der Waals surface area contributed by atoms with E-state index in [1.807, 2.05) is 30.0 Å². The van der Waals surface area contributed by atoms with Crippen molar-refractivity contribution in [2.45, 2.75) is 13.3 Å². The fourth-order valence-electron chi connectivity index (χ4n) is 2.42. The van der Waals surface area contributed by atoms with Gasteiger partial charge >= 0.3 is 0 Å². The molecule has 0 fully saturated rings. The Morgan fingerprint density at radius 3 is 2.53 bits per heavy atom. The van der Waals surface area contributed by atoms with E-state index in [0.717, 1.165) is 31.9 Å². The lowest BCUT2D eigenvalue weighted by atomic mass is 10.1. The molecule has 1 aliphatic rings. The van der Waals surface area contributed by atoms with Gasteiger partial charge < -0.3 is 14.7 Å². The fourth-order valence-corrected chi connectivity index (χ4v) is 2.42. The molecule has 0 atom stereocenters. The first-order valence-electron chi connectivity index (χ1n) is 6.92. The molecule has 1 heterocycles. The van der Waals surface area contributed by atoms with E-state index < -0.39 is 0 Å². The lowest BCUT2D eigenvalue weighted by molar-refractivity contribution is -0.118. The highest BCUT2D eigenvalue weighted by atomic mass is 16.2. The number of carbonyl (C=O) groups is 1. The summed E-state index contributed by atoms with van der Waals surface area (Å²) >= 11 is 0. The summed E-state index contributed by atoms with van der Waals surface area (Å²) in [6.45, 7) is 5.64. The highest BCUT2D eigenvalue weighted by Crippen LogP contribution is 2.32. The smallest absolute Gasteiger partial charge is 0.226 e. The molecule has 0 aromatic heterocycles. The first kappa shape index (κ1) is 13.9. The van der Waals surface area contributed by atoms with Crippen molar-refractivity contribution in [3.63, 3.8) is 0 Å². The molecule has 0 unspecified atom stereocenters. The van der Waals surface area contributed by atoms with Crippen molar-refractivity contribution in [3.05, 3.63) is 24.3 Å². The maximum atomic E-state index is 12.0. The van der Waals surface area contributed by atoms with Crippen molar-refractivity contribution in [2.75, 3.05) is 50.1 Å². The van der Waals surface area contributed by atoms with Crippen LogP contribution in [0.5, 0.6) is 0 Å². The van der Waals surface area contributed by atoms with Crippen molar-refractivity contribution < 1.29 is 4.79 Å². The second-order valence-corrected chi connectivity index (χ2v) is 5.18. The van der Waals surface area contributed by atoms with E-state index in [9.17, 15) is 4.79 Å². The number of fused-ring (bicyclic) bond motifs is 1. The van der Waals surface area contributed by atoms with Gasteiger partial charge in [0, 0.05) is 32.6 Å². The summed E-state index contributed by atoms with van der Waals surface area (Å²) in [6, 6.07) is 8.20. The van der Waals surface area contributed by atoms with Gasteiger partial charge in [-0.25, -0.2) is 0 Å². The zero-order valence-electron chi connectivity index (χ0n) is 12.1. The molecule has 4 nitrogen and oxygen atoms in total. The van der Waals surface area contributed by atoms with E-state index in [1.165, 1.54) is 5.69 Å². The van der Waals surface area contributed by atoms with Gasteiger partial charge in [0.2, 0.25) is 5.91 Å². The molecule has 1 aromatic carbocycles. The summed E-state index contributed by atoms with van der Waals surface area (Å²) in [6.07, 6.45) is 0.562. The van der Waals surface area contributed by atoms with Crippen LogP contribution in [0.1, 0.15) is 13.3 Å². The third kappa shape index (κ3) is 3.07. The summed E-state index contributed by atoms with van der Waals surface area (Å²) in [4.78, 5) is 18.5. The number of hydrogen-bond donors (Lipinski definition) is 0. The molecule has 0 aliphatic carbocycles. The van der Waals surface area contributed by atoms with Crippen molar-refractivity contribution in [2.24, 2.45) is 0 Å². The summed E-state index contributed by atoms with van der Waals surface area (Å²) in [5.74, 6) is 0.208. The number of benzene rings is 1. The number of carbonyl (C=O) groups excluding carboxylic acids is 1. The van der Waals surface area contributed by atoms with Crippen LogP contribution in [0, 0.1) is 0 Å². The van der Waals surface area contributed by atoms with Crippen LogP contribution < -0.4 is 9.80 Å². The quantitative estimate of drug-likeness (QED) is 0.827. The highest BCUT2D eigenvalue weighted by molar-refractivity contribution is 5.97. The average molecular weight is 261 g/mol. The summed E-state index contributed by atoms with van der Waals surface area (Å²) in [7, 11) is 4.17. The molecule has 0 bridgehead atoms. The molecule has 1 amide bonds. The normalized spacial score (nSPS) is 14.7. The predicted octanol–water partition coefficient (Wildman–Crippen LogP) is 1.81. The monoisotopic (exact) mass is 261 g/mol. The Kier molecular flexibility index (Phi) is 4.43. The lowest BCUT2D eigenvalue weighted by Crippen LogP contribution is -2.45. The van der Waals surface area contributed by atoms with Crippen LogP contribution in [0.4, 0.5) is 11.4 Å². The highest BCUT2D eigenvalue weighted by Gasteiger charge is 2.25. The Balaban J connectivity index is 2.21. The third-order valence-corrected chi connectivity index (χ3v) is 3.53. The molecule has 104 valence electrons. The van der Waals surface area contributed by atoms with Gasteiger partial charge in [-0.2, -0.15) is 0 Å². The van der Waals surface area contributed by atoms with E-state index in [0.29, 0.717) is 6.42 Å². The zero-order chi connectivity index (χ0) is 13.8. The largest absolute Gasteiger partial charge is 0.367 e. The number of nitrogens with zero attached hydrogens (tertiary/aromatic N) is 3. The number of para-hydroxylation sites is 2. The van der Waals surface area contributed by atoms with Crippen molar-refractivity contribution in [1.82, 2.24) is 4.90 Å². The van der Waals surface area contributed by atoms with Gasteiger partial charge in [0.15, 0.2) is 0 Å². The molecule has 0 N–H and O–H groups in total. The minimum absolute atomic E-state index is 0.208. The Morgan fingerprint density at radius 2 is 1.89 bits per heavy atom. The molecule has 0 spiro atoms. The molecular formula is C15H23N3O. The van der Waals surface area contributed by atoms with Crippen LogP contribution >= 0.6 is 0 Å². The van der Waals surface area contributed by atoms with Crippen LogP contribution in [0.25, 0.3) is 0 Å². The minimum atomic E-state index is 0.208. The maximum absolute atomic E-state index is 12.0. The van der Waals surface area contributed by atoms with Gasteiger partial charge in [-0.3, -0.25) is 4.79 Å². The van der Waals surface area contributed by atoms with Gasteiger partial charge in [0.1, 0.15) is 0 Å². The van der Waals surface area contributed by atoms with Crippen LogP contribution in [-0.4, -0.2) is 51.1 Å². The fraction of sp³-hybridized carbons (Fsp3) is 0.533. The van der Waals surface area contributed by atoms with Gasteiger partial charge in [-0.1, -0.05) is 19.1 Å². The predicted molar refractivity (Wildman–Crippen MR) is 79.9 cm³/mol. The van der Waals surface area contributed by atoms with E-state index in [2.05, 4.69) is 30.0 Å². The molecule has 1 aromatic rings. The van der Waals surface area contributed by atoms with E-state index in [-0.39, 0.29) is 5.91 Å². The Hall–Kier alpha value is -1.55. The van der Waals surface area contributed by atoms with Crippen LogP contribution in [0.3, 0.4) is 0 Å². The summed E-state index contributed by atoms with van der Waals surface area (Å²) in [5.41, 5.74) is 2.23.